The number of hydrogen-bond donors (Lipinski definition) is 4. The molecule has 2 amide bonds. The fraction of sp³-hybridized carbons (Fsp3) is 0.333. The molecule has 2 aromatic carbocycles. The second kappa shape index (κ2) is 9.34. The van der Waals surface area contributed by atoms with Crippen molar-refractivity contribution in [1.82, 2.24) is 10.6 Å². The molecule has 0 aromatic heterocycles. The molecular formula is C21H22F4N4O2. The zero-order valence-corrected chi connectivity index (χ0v) is 16.5. The van der Waals surface area contributed by atoms with Gasteiger partial charge in [-0.25, -0.2) is 17.6 Å². The Morgan fingerprint density at radius 2 is 1.65 bits per heavy atom. The van der Waals surface area contributed by atoms with Crippen molar-refractivity contribution in [3.05, 3.63) is 64.2 Å². The largest absolute Gasteiger partial charge is 0.396 e. The summed E-state index contributed by atoms with van der Waals surface area (Å²) >= 11 is 0. The molecule has 0 aliphatic heterocycles. The summed E-state index contributed by atoms with van der Waals surface area (Å²) in [6.07, 6.45) is 1.11. The molecule has 0 spiro atoms. The summed E-state index contributed by atoms with van der Waals surface area (Å²) in [7, 11) is 0. The standard InChI is InChI=1S/C21H22F4N4O2/c22-14-8-17(25)19(27)7-13(14)21(31)29-4-3-28-20(30)9-18(26)11-2-1-10-5-15(23)16(24)6-12(10)11/h5-8,11,18H,1-4,9,26-27H2,(H,28,30)(H,29,31). The van der Waals surface area contributed by atoms with Crippen molar-refractivity contribution >= 4 is 17.5 Å². The zero-order chi connectivity index (χ0) is 22.7. The maximum atomic E-state index is 13.7. The fourth-order valence-corrected chi connectivity index (χ4v) is 3.72. The quantitative estimate of drug-likeness (QED) is 0.302. The van der Waals surface area contributed by atoms with Gasteiger partial charge in [0.15, 0.2) is 11.6 Å². The van der Waals surface area contributed by atoms with Crippen LogP contribution >= 0.6 is 0 Å². The first-order chi connectivity index (χ1) is 14.7. The van der Waals surface area contributed by atoms with Gasteiger partial charge in [-0.3, -0.25) is 9.59 Å². The summed E-state index contributed by atoms with van der Waals surface area (Å²) < 4.78 is 53.8. The van der Waals surface area contributed by atoms with E-state index in [-0.39, 0.29) is 37.0 Å². The first-order valence-corrected chi connectivity index (χ1v) is 9.70. The van der Waals surface area contributed by atoms with Gasteiger partial charge in [0, 0.05) is 37.5 Å². The second-order valence-corrected chi connectivity index (χ2v) is 7.44. The molecule has 0 fully saturated rings. The minimum atomic E-state index is -1.05. The number of rotatable bonds is 7. The fourth-order valence-electron chi connectivity index (χ4n) is 3.72. The molecule has 2 unspecified atom stereocenters. The predicted octanol–water partition coefficient (Wildman–Crippen LogP) is 2.12. The molecule has 1 aliphatic rings. The van der Waals surface area contributed by atoms with Crippen LogP contribution in [0.5, 0.6) is 0 Å². The third-order valence-electron chi connectivity index (χ3n) is 5.31. The van der Waals surface area contributed by atoms with Crippen LogP contribution in [0.3, 0.4) is 0 Å². The van der Waals surface area contributed by atoms with Gasteiger partial charge >= 0.3 is 0 Å². The topological polar surface area (TPSA) is 110 Å². The minimum Gasteiger partial charge on any atom is -0.396 e. The Morgan fingerprint density at radius 3 is 2.39 bits per heavy atom. The number of carbonyl (C=O) groups is 2. The lowest BCUT2D eigenvalue weighted by Crippen LogP contribution is -2.39. The number of nitrogen functional groups attached to an aromatic ring is 1. The number of amides is 2. The molecular weight excluding hydrogens is 416 g/mol. The van der Waals surface area contributed by atoms with E-state index in [1.807, 2.05) is 0 Å². The number of benzene rings is 2. The second-order valence-electron chi connectivity index (χ2n) is 7.44. The van der Waals surface area contributed by atoms with Gasteiger partial charge < -0.3 is 22.1 Å². The molecule has 166 valence electrons. The van der Waals surface area contributed by atoms with E-state index in [0.717, 1.165) is 18.2 Å². The molecule has 0 bridgehead atoms. The highest BCUT2D eigenvalue weighted by atomic mass is 19.2. The summed E-state index contributed by atoms with van der Waals surface area (Å²) in [5.74, 6) is -5.31. The molecule has 0 heterocycles. The number of hydrogen-bond acceptors (Lipinski definition) is 4. The third-order valence-corrected chi connectivity index (χ3v) is 5.31. The Kier molecular flexibility index (Phi) is 6.79. The van der Waals surface area contributed by atoms with Gasteiger partial charge in [0.2, 0.25) is 5.91 Å². The molecule has 10 heteroatoms. The summed E-state index contributed by atoms with van der Waals surface area (Å²) in [4.78, 5) is 24.1. The van der Waals surface area contributed by atoms with Crippen molar-refractivity contribution in [1.29, 1.82) is 0 Å². The first kappa shape index (κ1) is 22.5. The van der Waals surface area contributed by atoms with Crippen molar-refractivity contribution in [2.75, 3.05) is 18.8 Å². The molecule has 3 rings (SSSR count). The van der Waals surface area contributed by atoms with Crippen molar-refractivity contribution in [3.8, 4) is 0 Å². The number of aryl methyl sites for hydroxylation is 1. The summed E-state index contributed by atoms with van der Waals surface area (Å²) in [5.41, 5.74) is 12.0. The average Bonchev–Trinajstić information content (AvgIpc) is 3.10. The lowest BCUT2D eigenvalue weighted by atomic mass is 9.91. The monoisotopic (exact) mass is 438 g/mol. The smallest absolute Gasteiger partial charge is 0.254 e. The lowest BCUT2D eigenvalue weighted by Gasteiger charge is -2.20. The van der Waals surface area contributed by atoms with Gasteiger partial charge in [0.1, 0.15) is 11.6 Å². The molecule has 2 aromatic rings. The Morgan fingerprint density at radius 1 is 0.968 bits per heavy atom. The number of nitrogens with one attached hydrogen (secondary N) is 2. The van der Waals surface area contributed by atoms with Crippen LogP contribution in [-0.4, -0.2) is 30.9 Å². The number of anilines is 1. The molecule has 1 aliphatic carbocycles. The van der Waals surface area contributed by atoms with E-state index in [0.29, 0.717) is 30.0 Å². The maximum absolute atomic E-state index is 13.7. The minimum absolute atomic E-state index is 0.00666. The normalized spacial score (nSPS) is 16.0. The number of nitrogens with two attached hydrogens (primary N) is 2. The van der Waals surface area contributed by atoms with Crippen molar-refractivity contribution in [2.24, 2.45) is 5.73 Å². The molecule has 6 nitrogen and oxygen atoms in total. The Balaban J connectivity index is 1.46. The van der Waals surface area contributed by atoms with Gasteiger partial charge in [-0.2, -0.15) is 0 Å². The van der Waals surface area contributed by atoms with Crippen LogP contribution in [0.25, 0.3) is 0 Å². The van der Waals surface area contributed by atoms with E-state index in [1.165, 1.54) is 0 Å². The van der Waals surface area contributed by atoms with Crippen LogP contribution in [0.15, 0.2) is 24.3 Å². The first-order valence-electron chi connectivity index (χ1n) is 9.70. The highest BCUT2D eigenvalue weighted by molar-refractivity contribution is 5.95. The van der Waals surface area contributed by atoms with E-state index in [2.05, 4.69) is 10.6 Å². The van der Waals surface area contributed by atoms with Gasteiger partial charge in [-0.05, 0) is 42.2 Å². The van der Waals surface area contributed by atoms with Gasteiger partial charge in [0.05, 0.1) is 11.3 Å². The van der Waals surface area contributed by atoms with Crippen LogP contribution < -0.4 is 22.1 Å². The molecule has 31 heavy (non-hydrogen) atoms. The van der Waals surface area contributed by atoms with E-state index >= 15 is 0 Å². The van der Waals surface area contributed by atoms with Crippen molar-refractivity contribution in [2.45, 2.75) is 31.2 Å². The van der Waals surface area contributed by atoms with Crippen molar-refractivity contribution in [3.63, 3.8) is 0 Å². The van der Waals surface area contributed by atoms with Gasteiger partial charge in [0.25, 0.3) is 5.91 Å². The highest BCUT2D eigenvalue weighted by Gasteiger charge is 2.30. The maximum Gasteiger partial charge on any atom is 0.254 e. The highest BCUT2D eigenvalue weighted by Crippen LogP contribution is 2.36. The Bertz CT molecular complexity index is 1020. The van der Waals surface area contributed by atoms with E-state index in [4.69, 9.17) is 11.5 Å². The molecule has 0 radical (unpaired) electrons. The van der Waals surface area contributed by atoms with E-state index in [1.54, 1.807) is 0 Å². The van der Waals surface area contributed by atoms with Crippen LogP contribution in [0.1, 0.15) is 40.2 Å². The summed E-state index contributed by atoms with van der Waals surface area (Å²) in [6.45, 7) is 0.0456. The zero-order valence-electron chi connectivity index (χ0n) is 16.5. The van der Waals surface area contributed by atoms with Crippen LogP contribution in [0.4, 0.5) is 23.2 Å². The van der Waals surface area contributed by atoms with Crippen LogP contribution in [0.2, 0.25) is 0 Å². The van der Waals surface area contributed by atoms with Gasteiger partial charge in [-0.1, -0.05) is 0 Å². The molecule has 0 saturated heterocycles. The van der Waals surface area contributed by atoms with E-state index in [9.17, 15) is 27.2 Å². The lowest BCUT2D eigenvalue weighted by molar-refractivity contribution is -0.121. The summed E-state index contributed by atoms with van der Waals surface area (Å²) in [6, 6.07) is 3.13. The molecule has 6 N–H and O–H groups in total. The Labute approximate surface area is 176 Å². The number of fused-ring (bicyclic) bond motifs is 1. The van der Waals surface area contributed by atoms with Crippen LogP contribution in [0, 0.1) is 23.3 Å². The van der Waals surface area contributed by atoms with Crippen molar-refractivity contribution < 1.29 is 27.2 Å². The third kappa shape index (κ3) is 5.13. The van der Waals surface area contributed by atoms with Crippen LogP contribution in [-0.2, 0) is 11.2 Å². The Hall–Kier alpha value is -3.14. The molecule has 2 atom stereocenters. The average molecular weight is 438 g/mol. The predicted molar refractivity (Wildman–Crippen MR) is 106 cm³/mol. The molecule has 0 saturated carbocycles. The summed E-state index contributed by atoms with van der Waals surface area (Å²) in [5, 5.41) is 4.97. The number of carbonyl (C=O) groups excluding carboxylic acids is 2. The number of halogens is 4. The van der Waals surface area contributed by atoms with Gasteiger partial charge in [-0.15, -0.1) is 0 Å². The SMILES string of the molecule is Nc1cc(C(=O)NCCNC(=O)CC(N)C2CCc3cc(F)c(F)cc32)c(F)cc1F. The van der Waals surface area contributed by atoms with E-state index < -0.39 is 40.8 Å².